The quantitative estimate of drug-likeness (QED) is 0.412. The Labute approximate surface area is 97.5 Å². The highest BCUT2D eigenvalue weighted by Gasteiger charge is 2.34. The number of halogens is 7. The Bertz CT molecular complexity index is 390. The minimum absolute atomic E-state index is 0.0491. The van der Waals surface area contributed by atoms with Crippen molar-refractivity contribution in [2.24, 2.45) is 0 Å². The molecule has 0 heterocycles. The van der Waals surface area contributed by atoms with Crippen LogP contribution in [0.4, 0.5) is 22.0 Å². The van der Waals surface area contributed by atoms with Gasteiger partial charge in [0, 0.05) is 4.47 Å². The summed E-state index contributed by atoms with van der Waals surface area (Å²) in [6.45, 7) is 0. The highest BCUT2D eigenvalue weighted by Crippen LogP contribution is 2.36. The summed E-state index contributed by atoms with van der Waals surface area (Å²) in [4.78, 5) is 0. The van der Waals surface area contributed by atoms with Gasteiger partial charge in [0.25, 0.3) is 0 Å². The number of rotatable bonds is 1. The smallest absolute Gasteiger partial charge is 0.399 e. The Morgan fingerprint density at radius 1 is 1.13 bits per heavy atom. The standard InChI is InChI=1S/C7HBr2F5O/c8-2-1-3(10)6(5(11)4(2)9)15-7(12,13)14/h1H. The van der Waals surface area contributed by atoms with Gasteiger partial charge in [-0.25, -0.2) is 8.78 Å². The van der Waals surface area contributed by atoms with Crippen LogP contribution in [0.3, 0.4) is 0 Å². The molecule has 0 aliphatic rings. The van der Waals surface area contributed by atoms with Crippen molar-refractivity contribution in [3.63, 3.8) is 0 Å². The van der Waals surface area contributed by atoms with Crippen molar-refractivity contribution < 1.29 is 26.7 Å². The lowest BCUT2D eigenvalue weighted by atomic mass is 10.3. The first-order valence-corrected chi connectivity index (χ1v) is 4.89. The van der Waals surface area contributed by atoms with E-state index in [9.17, 15) is 22.0 Å². The maximum absolute atomic E-state index is 13.1. The Kier molecular flexibility index (Phi) is 3.59. The summed E-state index contributed by atoms with van der Waals surface area (Å²) in [7, 11) is 0. The second kappa shape index (κ2) is 4.25. The fourth-order valence-electron chi connectivity index (χ4n) is 0.759. The molecule has 0 radical (unpaired) electrons. The summed E-state index contributed by atoms with van der Waals surface area (Å²) in [6, 6.07) is 0.661. The van der Waals surface area contributed by atoms with Crippen molar-refractivity contribution >= 4 is 31.9 Å². The summed E-state index contributed by atoms with van der Waals surface area (Å²) in [5, 5.41) is 0. The normalized spacial score (nSPS) is 11.7. The molecule has 15 heavy (non-hydrogen) atoms. The summed E-state index contributed by atoms with van der Waals surface area (Å²) < 4.78 is 64.1. The molecule has 0 N–H and O–H groups in total. The van der Waals surface area contributed by atoms with Gasteiger partial charge in [-0.1, -0.05) is 0 Å². The Morgan fingerprint density at radius 3 is 2.13 bits per heavy atom. The number of ether oxygens (including phenoxy) is 1. The molecule has 84 valence electrons. The second-order valence-electron chi connectivity index (χ2n) is 2.35. The molecule has 0 unspecified atom stereocenters. The summed E-state index contributed by atoms with van der Waals surface area (Å²) in [5.74, 6) is -4.39. The molecule has 1 nitrogen and oxygen atoms in total. The topological polar surface area (TPSA) is 9.23 Å². The monoisotopic (exact) mass is 354 g/mol. The van der Waals surface area contributed by atoms with E-state index in [0.717, 1.165) is 0 Å². The molecule has 0 spiro atoms. The van der Waals surface area contributed by atoms with Crippen LogP contribution in [0.1, 0.15) is 0 Å². The number of hydrogen-bond donors (Lipinski definition) is 0. The van der Waals surface area contributed by atoms with Gasteiger partial charge in [0.2, 0.25) is 5.75 Å². The Balaban J connectivity index is 3.24. The molecule has 1 aromatic carbocycles. The van der Waals surface area contributed by atoms with E-state index >= 15 is 0 Å². The first kappa shape index (κ1) is 12.7. The van der Waals surface area contributed by atoms with Crippen LogP contribution in [0.25, 0.3) is 0 Å². The van der Waals surface area contributed by atoms with Crippen LogP contribution in [-0.4, -0.2) is 6.36 Å². The summed E-state index contributed by atoms with van der Waals surface area (Å²) in [6.07, 6.45) is -5.14. The van der Waals surface area contributed by atoms with Crippen LogP contribution in [0.15, 0.2) is 15.0 Å². The lowest BCUT2D eigenvalue weighted by molar-refractivity contribution is -0.276. The Morgan fingerprint density at radius 2 is 1.67 bits per heavy atom. The number of benzene rings is 1. The van der Waals surface area contributed by atoms with Crippen LogP contribution < -0.4 is 4.74 Å². The highest BCUT2D eigenvalue weighted by molar-refractivity contribution is 9.13. The number of alkyl halides is 3. The zero-order chi connectivity index (χ0) is 11.8. The van der Waals surface area contributed by atoms with Crippen molar-refractivity contribution in [1.29, 1.82) is 0 Å². The van der Waals surface area contributed by atoms with Crippen molar-refractivity contribution in [3.05, 3.63) is 26.6 Å². The van der Waals surface area contributed by atoms with E-state index in [1.165, 1.54) is 0 Å². The maximum atomic E-state index is 13.1. The summed E-state index contributed by atoms with van der Waals surface area (Å²) >= 11 is 5.38. The molecular formula is C7HBr2F5O. The van der Waals surface area contributed by atoms with Crippen LogP contribution in [0.2, 0.25) is 0 Å². The predicted octanol–water partition coefficient (Wildman–Crippen LogP) is 4.39. The van der Waals surface area contributed by atoms with E-state index in [0.29, 0.717) is 6.07 Å². The van der Waals surface area contributed by atoms with Gasteiger partial charge in [-0.2, -0.15) is 0 Å². The molecule has 1 aromatic rings. The van der Waals surface area contributed by atoms with Crippen LogP contribution in [-0.2, 0) is 0 Å². The van der Waals surface area contributed by atoms with E-state index in [2.05, 4.69) is 36.6 Å². The lowest BCUT2D eigenvalue weighted by Gasteiger charge is -2.11. The van der Waals surface area contributed by atoms with Gasteiger partial charge < -0.3 is 4.74 Å². The third-order valence-electron chi connectivity index (χ3n) is 1.29. The fraction of sp³-hybridized carbons (Fsp3) is 0.143. The molecule has 0 aliphatic carbocycles. The van der Waals surface area contributed by atoms with E-state index < -0.39 is 23.7 Å². The van der Waals surface area contributed by atoms with Gasteiger partial charge in [0.1, 0.15) is 0 Å². The van der Waals surface area contributed by atoms with Crippen molar-refractivity contribution in [1.82, 2.24) is 0 Å². The molecule has 0 aliphatic heterocycles. The molecule has 0 aromatic heterocycles. The average molecular weight is 356 g/mol. The SMILES string of the molecule is Fc1cc(Br)c(Br)c(F)c1OC(F)(F)F. The first-order valence-electron chi connectivity index (χ1n) is 3.31. The third kappa shape index (κ3) is 3.04. The molecule has 0 bridgehead atoms. The molecule has 8 heteroatoms. The van der Waals surface area contributed by atoms with Crippen LogP contribution in [0, 0.1) is 11.6 Å². The van der Waals surface area contributed by atoms with E-state index in [1.54, 1.807) is 0 Å². The largest absolute Gasteiger partial charge is 0.573 e. The minimum atomic E-state index is -5.14. The average Bonchev–Trinajstić information content (AvgIpc) is 2.07. The third-order valence-corrected chi connectivity index (χ3v) is 3.22. The van der Waals surface area contributed by atoms with Crippen LogP contribution in [0.5, 0.6) is 5.75 Å². The van der Waals surface area contributed by atoms with Crippen molar-refractivity contribution in [3.8, 4) is 5.75 Å². The Hall–Kier alpha value is -0.370. The number of hydrogen-bond acceptors (Lipinski definition) is 1. The zero-order valence-electron chi connectivity index (χ0n) is 6.63. The van der Waals surface area contributed by atoms with E-state index in [4.69, 9.17) is 0 Å². The molecule has 0 atom stereocenters. The van der Waals surface area contributed by atoms with Gasteiger partial charge in [0.05, 0.1) is 4.47 Å². The molecule has 0 fully saturated rings. The van der Waals surface area contributed by atoms with Gasteiger partial charge in [-0.05, 0) is 37.9 Å². The van der Waals surface area contributed by atoms with Crippen LogP contribution >= 0.6 is 31.9 Å². The van der Waals surface area contributed by atoms with Crippen molar-refractivity contribution in [2.45, 2.75) is 6.36 Å². The second-order valence-corrected chi connectivity index (χ2v) is 3.99. The molecular weight excluding hydrogens is 355 g/mol. The minimum Gasteiger partial charge on any atom is -0.399 e. The predicted molar refractivity (Wildman–Crippen MR) is 48.4 cm³/mol. The molecule has 0 saturated heterocycles. The highest BCUT2D eigenvalue weighted by atomic mass is 79.9. The molecule has 1 rings (SSSR count). The van der Waals surface area contributed by atoms with Gasteiger partial charge in [-0.15, -0.1) is 13.2 Å². The van der Waals surface area contributed by atoms with Gasteiger partial charge >= 0.3 is 6.36 Å². The van der Waals surface area contributed by atoms with Crippen molar-refractivity contribution in [2.75, 3.05) is 0 Å². The van der Waals surface area contributed by atoms with E-state index in [-0.39, 0.29) is 8.95 Å². The van der Waals surface area contributed by atoms with Gasteiger partial charge in [0.15, 0.2) is 11.6 Å². The lowest BCUT2D eigenvalue weighted by Crippen LogP contribution is -2.19. The summed E-state index contributed by atoms with van der Waals surface area (Å²) in [5.41, 5.74) is 0. The molecule has 0 saturated carbocycles. The maximum Gasteiger partial charge on any atom is 0.573 e. The van der Waals surface area contributed by atoms with Gasteiger partial charge in [-0.3, -0.25) is 0 Å². The first-order chi connectivity index (χ1) is 6.72. The zero-order valence-corrected chi connectivity index (χ0v) is 9.80. The van der Waals surface area contributed by atoms with E-state index in [1.807, 2.05) is 0 Å². The molecule has 0 amide bonds. The fourth-order valence-corrected chi connectivity index (χ4v) is 1.43.